The SMILES string of the molecule is O=C1C(O)=CC(=O)c2c(OCCN3CCOCC3)cccc21. The molecule has 1 aliphatic heterocycles. The van der Waals surface area contributed by atoms with Crippen LogP contribution in [0.5, 0.6) is 5.75 Å². The van der Waals surface area contributed by atoms with Crippen LogP contribution in [0.2, 0.25) is 0 Å². The summed E-state index contributed by atoms with van der Waals surface area (Å²) in [4.78, 5) is 26.1. The summed E-state index contributed by atoms with van der Waals surface area (Å²) in [6.45, 7) is 4.33. The monoisotopic (exact) mass is 303 g/mol. The van der Waals surface area contributed by atoms with Crippen molar-refractivity contribution in [3.63, 3.8) is 0 Å². The zero-order valence-electron chi connectivity index (χ0n) is 12.1. The molecule has 0 bridgehead atoms. The number of hydrogen-bond acceptors (Lipinski definition) is 6. The van der Waals surface area contributed by atoms with Crippen molar-refractivity contribution < 1.29 is 24.2 Å². The Balaban J connectivity index is 1.71. The number of Topliss-reactive ketones (excluding diaryl/α,β-unsaturated/α-hetero) is 1. The van der Waals surface area contributed by atoms with Crippen LogP contribution in [0.1, 0.15) is 20.7 Å². The zero-order chi connectivity index (χ0) is 15.5. The first kappa shape index (κ1) is 14.7. The lowest BCUT2D eigenvalue weighted by Crippen LogP contribution is -2.38. The van der Waals surface area contributed by atoms with Crippen molar-refractivity contribution in [2.24, 2.45) is 0 Å². The van der Waals surface area contributed by atoms with Gasteiger partial charge in [-0.05, 0) is 12.1 Å². The number of rotatable bonds is 4. The molecule has 1 aliphatic carbocycles. The summed E-state index contributed by atoms with van der Waals surface area (Å²) in [6.07, 6.45) is 0.944. The minimum absolute atomic E-state index is 0.189. The summed E-state index contributed by atoms with van der Waals surface area (Å²) in [5.41, 5.74) is 0.418. The number of carbonyl (C=O) groups is 2. The Bertz CT molecular complexity index is 631. The van der Waals surface area contributed by atoms with E-state index in [4.69, 9.17) is 9.47 Å². The number of hydrogen-bond donors (Lipinski definition) is 1. The van der Waals surface area contributed by atoms with Gasteiger partial charge in [-0.15, -0.1) is 0 Å². The van der Waals surface area contributed by atoms with Gasteiger partial charge in [0.05, 0.1) is 18.8 Å². The van der Waals surface area contributed by atoms with Crippen LogP contribution in [0, 0.1) is 0 Å². The molecule has 116 valence electrons. The molecule has 0 atom stereocenters. The maximum absolute atomic E-state index is 12.0. The molecule has 0 radical (unpaired) electrons. The van der Waals surface area contributed by atoms with Gasteiger partial charge >= 0.3 is 0 Å². The van der Waals surface area contributed by atoms with Crippen LogP contribution < -0.4 is 4.74 Å². The van der Waals surface area contributed by atoms with Gasteiger partial charge in [-0.1, -0.05) is 6.07 Å². The van der Waals surface area contributed by atoms with Gasteiger partial charge in [0.25, 0.3) is 0 Å². The van der Waals surface area contributed by atoms with Gasteiger partial charge < -0.3 is 14.6 Å². The average molecular weight is 303 g/mol. The van der Waals surface area contributed by atoms with Crippen molar-refractivity contribution in [3.05, 3.63) is 41.2 Å². The largest absolute Gasteiger partial charge is 0.504 e. The van der Waals surface area contributed by atoms with E-state index in [-0.39, 0.29) is 11.1 Å². The molecule has 6 nitrogen and oxygen atoms in total. The summed E-state index contributed by atoms with van der Waals surface area (Å²) >= 11 is 0. The van der Waals surface area contributed by atoms with Gasteiger partial charge in [-0.25, -0.2) is 0 Å². The third-order valence-electron chi connectivity index (χ3n) is 3.79. The number of morpholine rings is 1. The first-order valence-corrected chi connectivity index (χ1v) is 7.22. The maximum Gasteiger partial charge on any atom is 0.228 e. The minimum atomic E-state index is -0.548. The lowest BCUT2D eigenvalue weighted by molar-refractivity contribution is 0.0322. The van der Waals surface area contributed by atoms with Gasteiger partial charge in [0, 0.05) is 31.3 Å². The van der Waals surface area contributed by atoms with Gasteiger partial charge in [0.15, 0.2) is 11.5 Å². The standard InChI is InChI=1S/C16H17NO5/c18-12-10-13(19)16(20)11-2-1-3-14(15(11)12)22-9-6-17-4-7-21-8-5-17/h1-3,10,19H,4-9H2. The second-order valence-electron chi connectivity index (χ2n) is 5.20. The number of fused-ring (bicyclic) bond motifs is 1. The smallest absolute Gasteiger partial charge is 0.228 e. The van der Waals surface area contributed by atoms with E-state index in [2.05, 4.69) is 4.90 Å². The van der Waals surface area contributed by atoms with Crippen molar-refractivity contribution in [3.8, 4) is 5.75 Å². The second kappa shape index (κ2) is 6.29. The third-order valence-corrected chi connectivity index (χ3v) is 3.79. The van der Waals surface area contributed by atoms with E-state index in [0.29, 0.717) is 12.4 Å². The molecule has 0 amide bonds. The van der Waals surface area contributed by atoms with E-state index in [1.165, 1.54) is 6.07 Å². The molecule has 1 heterocycles. The van der Waals surface area contributed by atoms with E-state index in [1.807, 2.05) is 0 Å². The number of aliphatic hydroxyl groups excluding tert-OH is 1. The Morgan fingerprint density at radius 2 is 2.00 bits per heavy atom. The van der Waals surface area contributed by atoms with E-state index in [0.717, 1.165) is 38.9 Å². The Morgan fingerprint density at radius 3 is 2.77 bits per heavy atom. The van der Waals surface area contributed by atoms with Crippen LogP contribution in [0.25, 0.3) is 0 Å². The van der Waals surface area contributed by atoms with Crippen LogP contribution in [0.4, 0.5) is 0 Å². The van der Waals surface area contributed by atoms with E-state index >= 15 is 0 Å². The molecule has 1 saturated heterocycles. The van der Waals surface area contributed by atoms with Gasteiger partial charge in [0.1, 0.15) is 12.4 Å². The molecule has 0 aromatic heterocycles. The summed E-state index contributed by atoms with van der Waals surface area (Å²) < 4.78 is 11.0. The molecule has 22 heavy (non-hydrogen) atoms. The highest BCUT2D eigenvalue weighted by Crippen LogP contribution is 2.28. The molecule has 0 spiro atoms. The fourth-order valence-corrected chi connectivity index (χ4v) is 2.60. The summed E-state index contributed by atoms with van der Waals surface area (Å²) in [6, 6.07) is 4.83. The topological polar surface area (TPSA) is 76.1 Å². The summed E-state index contributed by atoms with van der Waals surface area (Å²) in [5.74, 6) is -1.10. The van der Waals surface area contributed by atoms with Crippen molar-refractivity contribution in [1.29, 1.82) is 0 Å². The summed E-state index contributed by atoms with van der Waals surface area (Å²) in [7, 11) is 0. The van der Waals surface area contributed by atoms with Gasteiger partial charge in [-0.3, -0.25) is 14.5 Å². The predicted octanol–water partition coefficient (Wildman–Crippen LogP) is 1.22. The normalized spacial score (nSPS) is 18.8. The highest BCUT2D eigenvalue weighted by molar-refractivity contribution is 6.24. The van der Waals surface area contributed by atoms with Crippen LogP contribution in [0.15, 0.2) is 30.0 Å². The fraction of sp³-hybridized carbons (Fsp3) is 0.375. The average Bonchev–Trinajstić information content (AvgIpc) is 2.53. The quantitative estimate of drug-likeness (QED) is 0.901. The van der Waals surface area contributed by atoms with Crippen LogP contribution in [0.3, 0.4) is 0 Å². The number of ether oxygens (including phenoxy) is 2. The summed E-state index contributed by atoms with van der Waals surface area (Å²) in [5, 5.41) is 9.46. The van der Waals surface area contributed by atoms with Crippen molar-refractivity contribution >= 4 is 11.6 Å². The van der Waals surface area contributed by atoms with Crippen molar-refractivity contribution in [2.75, 3.05) is 39.5 Å². The second-order valence-corrected chi connectivity index (χ2v) is 5.20. The van der Waals surface area contributed by atoms with E-state index in [9.17, 15) is 14.7 Å². The highest BCUT2D eigenvalue weighted by Gasteiger charge is 2.28. The van der Waals surface area contributed by atoms with Crippen LogP contribution >= 0.6 is 0 Å². The number of aliphatic hydroxyl groups is 1. The van der Waals surface area contributed by atoms with Gasteiger partial charge in [-0.2, -0.15) is 0 Å². The maximum atomic E-state index is 12.0. The Labute approximate surface area is 127 Å². The molecule has 1 fully saturated rings. The number of allylic oxidation sites excluding steroid dienone is 2. The molecule has 1 N–H and O–H groups in total. The molecular formula is C16H17NO5. The third kappa shape index (κ3) is 2.88. The molecule has 0 saturated carbocycles. The minimum Gasteiger partial charge on any atom is -0.504 e. The first-order valence-electron chi connectivity index (χ1n) is 7.22. The molecule has 6 heteroatoms. The molecular weight excluding hydrogens is 286 g/mol. The molecule has 0 unspecified atom stereocenters. The number of carbonyl (C=O) groups excluding carboxylic acids is 2. The highest BCUT2D eigenvalue weighted by atomic mass is 16.5. The zero-order valence-corrected chi connectivity index (χ0v) is 12.1. The van der Waals surface area contributed by atoms with Crippen molar-refractivity contribution in [1.82, 2.24) is 4.90 Å². The number of benzene rings is 1. The lowest BCUT2D eigenvalue weighted by Gasteiger charge is -2.26. The van der Waals surface area contributed by atoms with E-state index in [1.54, 1.807) is 12.1 Å². The van der Waals surface area contributed by atoms with E-state index < -0.39 is 17.3 Å². The Kier molecular flexibility index (Phi) is 4.22. The molecule has 3 rings (SSSR count). The van der Waals surface area contributed by atoms with Crippen molar-refractivity contribution in [2.45, 2.75) is 0 Å². The van der Waals surface area contributed by atoms with Gasteiger partial charge in [0.2, 0.25) is 5.78 Å². The molecule has 1 aromatic carbocycles. The van der Waals surface area contributed by atoms with Crippen LogP contribution in [-0.2, 0) is 4.74 Å². The first-order chi connectivity index (χ1) is 10.7. The van der Waals surface area contributed by atoms with Crippen LogP contribution in [-0.4, -0.2) is 61.0 Å². The molecule has 1 aromatic rings. The predicted molar refractivity (Wildman–Crippen MR) is 78.6 cm³/mol. The number of ketones is 2. The number of nitrogens with zero attached hydrogens (tertiary/aromatic N) is 1. The fourth-order valence-electron chi connectivity index (χ4n) is 2.60. The Morgan fingerprint density at radius 1 is 1.23 bits per heavy atom. The Hall–Kier alpha value is -2.18. The molecule has 2 aliphatic rings. The lowest BCUT2D eigenvalue weighted by atomic mass is 9.93.